The summed E-state index contributed by atoms with van der Waals surface area (Å²) in [6, 6.07) is 0. The van der Waals surface area contributed by atoms with E-state index in [0.717, 1.165) is 61.2 Å². The second kappa shape index (κ2) is 12.7. The molecule has 4 heteroatoms. The molecule has 0 saturated heterocycles. The summed E-state index contributed by atoms with van der Waals surface area (Å²) >= 11 is 8.64. The Balaban J connectivity index is 1.42. The van der Waals surface area contributed by atoms with Crippen molar-refractivity contribution in [2.24, 2.45) is 46.3 Å². The topological polar surface area (TPSA) is 26.3 Å². The van der Waals surface area contributed by atoms with Gasteiger partial charge in [0.05, 0.1) is 0 Å². The Morgan fingerprint density at radius 1 is 0.947 bits per heavy atom. The van der Waals surface area contributed by atoms with Crippen LogP contribution in [0.15, 0.2) is 0 Å². The molecule has 220 valence electrons. The summed E-state index contributed by atoms with van der Waals surface area (Å²) in [5.74, 6) is 5.13. The molecule has 0 heterocycles. The van der Waals surface area contributed by atoms with Crippen molar-refractivity contribution in [2.75, 3.05) is 0 Å². The molecule has 2 nitrogen and oxygen atoms in total. The summed E-state index contributed by atoms with van der Waals surface area (Å²) < 4.78 is 6.11. The van der Waals surface area contributed by atoms with E-state index >= 15 is 0 Å². The summed E-state index contributed by atoms with van der Waals surface area (Å²) in [4.78, 5) is 13.1. The van der Waals surface area contributed by atoms with E-state index in [4.69, 9.17) is 4.74 Å². The summed E-state index contributed by atoms with van der Waals surface area (Å²) in [7, 11) is 0. The highest BCUT2D eigenvalue weighted by Crippen LogP contribution is 2.71. The van der Waals surface area contributed by atoms with Gasteiger partial charge in [0.2, 0.25) is 0 Å². The number of hydrogen-bond donors (Lipinski definition) is 0. The Hall–Kier alpha value is 0.430. The quantitative estimate of drug-likeness (QED) is 0.125. The standard InChI is InChI=1S/C34H58Br2O2/c1-7-8-9-10-14-31(37)38-25-17-20-33(6)29-18-19-32(5)27(24(4)13-11-12-23(2)3)15-16-28(32)26(29)21-30(35)34(33,36)22-25/h23-30H,7-22H2,1-6H3. The van der Waals surface area contributed by atoms with Crippen LogP contribution in [0.25, 0.3) is 0 Å². The van der Waals surface area contributed by atoms with Crippen molar-refractivity contribution < 1.29 is 9.53 Å². The van der Waals surface area contributed by atoms with Gasteiger partial charge in [-0.2, -0.15) is 0 Å². The third-order valence-corrected chi connectivity index (χ3v) is 16.0. The van der Waals surface area contributed by atoms with Gasteiger partial charge < -0.3 is 4.74 Å². The van der Waals surface area contributed by atoms with Gasteiger partial charge in [-0.3, -0.25) is 4.79 Å². The number of halogens is 2. The van der Waals surface area contributed by atoms with E-state index in [0.29, 0.717) is 16.7 Å². The lowest BCUT2D eigenvalue weighted by Gasteiger charge is -2.66. The molecule has 0 aromatic heterocycles. The fourth-order valence-electron chi connectivity index (χ4n) is 10.2. The summed E-state index contributed by atoms with van der Waals surface area (Å²) in [6.45, 7) is 14.8. The first-order valence-electron chi connectivity index (χ1n) is 16.5. The second-order valence-electron chi connectivity index (χ2n) is 15.1. The van der Waals surface area contributed by atoms with E-state index in [9.17, 15) is 4.79 Å². The molecule has 0 aliphatic heterocycles. The molecule has 0 radical (unpaired) electrons. The number of fused-ring (bicyclic) bond motifs is 5. The molecule has 4 aliphatic carbocycles. The molecule has 0 amide bonds. The van der Waals surface area contributed by atoms with E-state index in [1.165, 1.54) is 70.6 Å². The zero-order valence-electron chi connectivity index (χ0n) is 25.5. The highest BCUT2D eigenvalue weighted by atomic mass is 79.9. The molecule has 0 bridgehead atoms. The van der Waals surface area contributed by atoms with E-state index in [1.807, 2.05) is 0 Å². The molecular weight excluding hydrogens is 600 g/mol. The van der Waals surface area contributed by atoms with Crippen LogP contribution >= 0.6 is 31.9 Å². The number of alkyl halides is 2. The maximum atomic E-state index is 12.6. The van der Waals surface area contributed by atoms with Crippen LogP contribution in [0.5, 0.6) is 0 Å². The molecular formula is C34H58Br2O2. The Morgan fingerprint density at radius 2 is 1.71 bits per heavy atom. The number of carbonyl (C=O) groups is 1. The molecule has 0 aromatic rings. The van der Waals surface area contributed by atoms with Crippen LogP contribution in [0.4, 0.5) is 0 Å². The minimum Gasteiger partial charge on any atom is -0.462 e. The van der Waals surface area contributed by atoms with Crippen LogP contribution in [-0.4, -0.2) is 21.2 Å². The van der Waals surface area contributed by atoms with Crippen molar-refractivity contribution >= 4 is 37.8 Å². The van der Waals surface area contributed by atoms with Crippen LogP contribution in [0, 0.1) is 46.3 Å². The fraction of sp³-hybridized carbons (Fsp3) is 0.971. The van der Waals surface area contributed by atoms with Gasteiger partial charge in [0.1, 0.15) is 6.10 Å². The van der Waals surface area contributed by atoms with Crippen LogP contribution in [0.1, 0.15) is 144 Å². The lowest BCUT2D eigenvalue weighted by atomic mass is 9.44. The lowest BCUT2D eigenvalue weighted by Crippen LogP contribution is -2.64. The molecule has 4 rings (SSSR count). The maximum Gasteiger partial charge on any atom is 0.306 e. The molecule has 4 saturated carbocycles. The Labute approximate surface area is 252 Å². The molecule has 10 unspecified atom stereocenters. The normalized spacial score (nSPS) is 43.3. The van der Waals surface area contributed by atoms with Gasteiger partial charge in [-0.25, -0.2) is 0 Å². The first kappa shape index (κ1) is 31.4. The number of ether oxygens (including phenoxy) is 1. The predicted octanol–water partition coefficient (Wildman–Crippen LogP) is 10.9. The van der Waals surface area contributed by atoms with Crippen molar-refractivity contribution in [3.8, 4) is 0 Å². The highest BCUT2D eigenvalue weighted by molar-refractivity contribution is 9.12. The first-order chi connectivity index (χ1) is 18.0. The van der Waals surface area contributed by atoms with Crippen LogP contribution in [-0.2, 0) is 9.53 Å². The fourth-order valence-corrected chi connectivity index (χ4v) is 12.4. The van der Waals surface area contributed by atoms with E-state index < -0.39 is 0 Å². The van der Waals surface area contributed by atoms with Crippen molar-refractivity contribution in [1.29, 1.82) is 0 Å². The predicted molar refractivity (Wildman–Crippen MR) is 168 cm³/mol. The number of rotatable bonds is 11. The van der Waals surface area contributed by atoms with E-state index in [2.05, 4.69) is 73.4 Å². The van der Waals surface area contributed by atoms with Gasteiger partial charge in [-0.15, -0.1) is 0 Å². The summed E-state index contributed by atoms with van der Waals surface area (Å²) in [6.07, 6.45) is 19.5. The first-order valence-corrected chi connectivity index (χ1v) is 18.2. The number of hydrogen-bond acceptors (Lipinski definition) is 2. The highest BCUT2D eigenvalue weighted by Gasteiger charge is 2.67. The monoisotopic (exact) mass is 656 g/mol. The van der Waals surface area contributed by atoms with Crippen molar-refractivity contribution in [3.05, 3.63) is 0 Å². The van der Waals surface area contributed by atoms with E-state index in [1.54, 1.807) is 0 Å². The van der Waals surface area contributed by atoms with Gasteiger partial charge in [-0.05, 0) is 97.7 Å². The minimum absolute atomic E-state index is 0.0163. The zero-order chi connectivity index (χ0) is 27.7. The summed E-state index contributed by atoms with van der Waals surface area (Å²) in [5, 5.41) is 0. The SMILES string of the molecule is CCCCCCC(=O)OC1CCC2(C)C3CCC4(C)C(C(C)CCCC(C)C)CCC4C3CC(Br)C2(Br)C1. The Kier molecular flexibility index (Phi) is 10.5. The average Bonchev–Trinajstić information content (AvgIpc) is 3.21. The largest absolute Gasteiger partial charge is 0.462 e. The molecule has 0 aromatic carbocycles. The Morgan fingerprint density at radius 3 is 2.42 bits per heavy atom. The number of unbranched alkanes of at least 4 members (excludes halogenated alkanes) is 3. The molecule has 4 aliphatic rings. The number of carbonyl (C=O) groups excluding carboxylic acids is 1. The molecule has 38 heavy (non-hydrogen) atoms. The number of esters is 1. The van der Waals surface area contributed by atoms with Crippen LogP contribution in [0.2, 0.25) is 0 Å². The molecule has 0 N–H and O–H groups in total. The smallest absolute Gasteiger partial charge is 0.306 e. The van der Waals surface area contributed by atoms with Crippen molar-refractivity contribution in [3.63, 3.8) is 0 Å². The Bertz CT molecular complexity index is 799. The second-order valence-corrected chi connectivity index (χ2v) is 17.6. The van der Waals surface area contributed by atoms with Crippen molar-refractivity contribution in [2.45, 2.75) is 160 Å². The van der Waals surface area contributed by atoms with Gasteiger partial charge in [-0.1, -0.05) is 112 Å². The lowest BCUT2D eigenvalue weighted by molar-refractivity contribution is -0.158. The summed E-state index contributed by atoms with van der Waals surface area (Å²) in [5.41, 5.74) is 0.786. The molecule has 0 spiro atoms. The van der Waals surface area contributed by atoms with Gasteiger partial charge >= 0.3 is 5.97 Å². The van der Waals surface area contributed by atoms with Gasteiger partial charge in [0.15, 0.2) is 0 Å². The van der Waals surface area contributed by atoms with Crippen LogP contribution < -0.4 is 0 Å². The van der Waals surface area contributed by atoms with E-state index in [-0.39, 0.29) is 21.8 Å². The third kappa shape index (κ3) is 5.98. The maximum absolute atomic E-state index is 12.6. The average molecular weight is 659 g/mol. The van der Waals surface area contributed by atoms with Gasteiger partial charge in [0, 0.05) is 22.0 Å². The molecule has 4 fully saturated rings. The minimum atomic E-state index is 0.0163. The van der Waals surface area contributed by atoms with Crippen molar-refractivity contribution in [1.82, 2.24) is 0 Å². The zero-order valence-corrected chi connectivity index (χ0v) is 28.7. The third-order valence-electron chi connectivity index (χ3n) is 12.4. The van der Waals surface area contributed by atoms with Gasteiger partial charge in [0.25, 0.3) is 0 Å². The van der Waals surface area contributed by atoms with Crippen LogP contribution in [0.3, 0.4) is 0 Å². The molecule has 10 atom stereocenters.